The van der Waals surface area contributed by atoms with Crippen molar-refractivity contribution in [2.45, 2.75) is 4.90 Å². The number of hydrogen-bond acceptors (Lipinski definition) is 8. The van der Waals surface area contributed by atoms with Crippen molar-refractivity contribution in [3.05, 3.63) is 60.7 Å². The van der Waals surface area contributed by atoms with Gasteiger partial charge in [-0.2, -0.15) is 0 Å². The van der Waals surface area contributed by atoms with Crippen LogP contribution in [0.15, 0.2) is 70.1 Å². The summed E-state index contributed by atoms with van der Waals surface area (Å²) in [4.78, 5) is 16.7. The van der Waals surface area contributed by atoms with E-state index in [4.69, 9.17) is 20.4 Å². The van der Waals surface area contributed by atoms with E-state index in [9.17, 15) is 4.79 Å². The Bertz CT molecular complexity index is 1470. The maximum atomic E-state index is 11.8. The van der Waals surface area contributed by atoms with E-state index in [1.54, 1.807) is 19.1 Å². The van der Waals surface area contributed by atoms with Crippen LogP contribution in [0.5, 0.6) is 11.5 Å². The molecule has 0 bridgehead atoms. The van der Waals surface area contributed by atoms with E-state index in [1.807, 2.05) is 42.5 Å². The molecule has 1 saturated heterocycles. The van der Waals surface area contributed by atoms with Crippen LogP contribution in [0, 0.1) is 12.3 Å². The summed E-state index contributed by atoms with van der Waals surface area (Å²) < 4.78 is 20.1. The molecular weight excluding hydrogens is 488 g/mol. The fourth-order valence-corrected chi connectivity index (χ4v) is 5.13. The molecule has 3 aromatic carbocycles. The Kier molecular flexibility index (Phi) is 7.10. The minimum absolute atomic E-state index is 0.254. The zero-order valence-corrected chi connectivity index (χ0v) is 21.4. The molecule has 0 radical (unpaired) electrons. The molecular formula is C28H26N4O4S. The van der Waals surface area contributed by atoms with Gasteiger partial charge in [-0.15, -0.1) is 6.42 Å². The van der Waals surface area contributed by atoms with Gasteiger partial charge in [-0.3, -0.25) is 4.79 Å². The molecule has 0 atom stereocenters. The number of aromatic nitrogens is 1. The minimum Gasteiger partial charge on any atom is -0.496 e. The highest BCUT2D eigenvalue weighted by atomic mass is 32.2. The van der Waals surface area contributed by atoms with Gasteiger partial charge >= 0.3 is 0 Å². The first-order chi connectivity index (χ1) is 18.1. The van der Waals surface area contributed by atoms with Crippen LogP contribution in [0.3, 0.4) is 0 Å². The summed E-state index contributed by atoms with van der Waals surface area (Å²) >= 11 is 1.39. The van der Waals surface area contributed by atoms with Crippen LogP contribution in [0.25, 0.3) is 22.1 Å². The Labute approximate surface area is 219 Å². The lowest BCUT2D eigenvalue weighted by atomic mass is 10.0. The van der Waals surface area contributed by atoms with Crippen LogP contribution in [0.4, 0.5) is 11.5 Å². The third kappa shape index (κ3) is 5.01. The van der Waals surface area contributed by atoms with E-state index < -0.39 is 0 Å². The van der Waals surface area contributed by atoms with Crippen LogP contribution in [0.1, 0.15) is 0 Å². The topological polar surface area (TPSA) is 80.1 Å². The number of benzene rings is 3. The fraction of sp³-hybridized carbons (Fsp3) is 0.214. The molecule has 0 unspecified atom stereocenters. The normalized spacial score (nSPS) is 13.3. The Morgan fingerprint density at radius 2 is 1.78 bits per heavy atom. The van der Waals surface area contributed by atoms with Gasteiger partial charge in [0, 0.05) is 31.9 Å². The quantitative estimate of drug-likeness (QED) is 0.275. The number of carbonyl (C=O) groups is 1. The number of fused-ring (bicyclic) bond motifs is 1. The second kappa shape index (κ2) is 10.8. The summed E-state index contributed by atoms with van der Waals surface area (Å²) in [5.74, 6) is 3.94. The number of piperazine rings is 1. The maximum absolute atomic E-state index is 11.8. The Balaban J connectivity index is 1.38. The number of terminal acetylenes is 1. The molecule has 5 rings (SSSR count). The molecule has 1 fully saturated rings. The summed E-state index contributed by atoms with van der Waals surface area (Å²) in [5, 5.41) is 5.01. The van der Waals surface area contributed by atoms with Gasteiger partial charge < -0.3 is 28.5 Å². The number of rotatable bonds is 7. The molecule has 1 aliphatic heterocycles. The average molecular weight is 515 g/mol. The summed E-state index contributed by atoms with van der Waals surface area (Å²) in [6, 6.07) is 20.0. The van der Waals surface area contributed by atoms with Gasteiger partial charge in [-0.25, -0.2) is 0 Å². The number of methoxy groups -OCH3 is 2. The number of nitrogens with zero attached hydrogens (tertiary/aromatic N) is 3. The van der Waals surface area contributed by atoms with E-state index in [0.29, 0.717) is 30.2 Å². The van der Waals surface area contributed by atoms with Crippen LogP contribution in [0.2, 0.25) is 0 Å². The summed E-state index contributed by atoms with van der Waals surface area (Å²) in [6.45, 7) is 2.65. The highest BCUT2D eigenvalue weighted by molar-refractivity contribution is 8.00. The number of hydrogen-bond donors (Lipinski definition) is 1. The minimum atomic E-state index is -0.254. The standard InChI is InChI=1S/C28H26N4O4S/c1-4-26(33)32-14-12-31(13-15-32)21-9-7-8-19(16-21)20-17-23(35-3)27-24(18-20)36-29-28(27)30-37-25-11-6-5-10-22(25)34-2/h1,5-11,16-18H,12-15H2,2-3H3,(H,29,30). The average Bonchev–Trinajstić information content (AvgIpc) is 3.38. The van der Waals surface area contributed by atoms with Crippen molar-refractivity contribution in [3.8, 4) is 35.0 Å². The summed E-state index contributed by atoms with van der Waals surface area (Å²) in [6.07, 6.45) is 5.27. The van der Waals surface area contributed by atoms with E-state index >= 15 is 0 Å². The smallest absolute Gasteiger partial charge is 0.298 e. The molecule has 2 heterocycles. The van der Waals surface area contributed by atoms with E-state index in [1.165, 1.54) is 11.9 Å². The molecule has 1 aromatic heterocycles. The molecule has 188 valence electrons. The zero-order chi connectivity index (χ0) is 25.8. The second-order valence-electron chi connectivity index (χ2n) is 8.41. The molecule has 1 N–H and O–H groups in total. The monoisotopic (exact) mass is 514 g/mol. The number of anilines is 2. The molecule has 1 amide bonds. The zero-order valence-electron chi connectivity index (χ0n) is 20.6. The van der Waals surface area contributed by atoms with Gasteiger partial charge in [-0.05, 0) is 65.4 Å². The van der Waals surface area contributed by atoms with Crippen molar-refractivity contribution in [3.63, 3.8) is 0 Å². The molecule has 37 heavy (non-hydrogen) atoms. The number of para-hydroxylation sites is 1. The van der Waals surface area contributed by atoms with Crippen molar-refractivity contribution in [1.82, 2.24) is 10.1 Å². The molecule has 8 nitrogen and oxygen atoms in total. The van der Waals surface area contributed by atoms with Gasteiger partial charge in [0.2, 0.25) is 0 Å². The molecule has 0 aliphatic carbocycles. The van der Waals surface area contributed by atoms with Crippen LogP contribution >= 0.6 is 11.9 Å². The van der Waals surface area contributed by atoms with Crippen LogP contribution in [-0.2, 0) is 4.79 Å². The third-order valence-electron chi connectivity index (χ3n) is 6.32. The van der Waals surface area contributed by atoms with Crippen molar-refractivity contribution in [1.29, 1.82) is 0 Å². The Morgan fingerprint density at radius 1 is 1.00 bits per heavy atom. The van der Waals surface area contributed by atoms with Gasteiger partial charge in [-0.1, -0.05) is 29.4 Å². The maximum Gasteiger partial charge on any atom is 0.298 e. The van der Waals surface area contributed by atoms with Gasteiger partial charge in [0.1, 0.15) is 16.9 Å². The number of ether oxygens (including phenoxy) is 2. The first-order valence-corrected chi connectivity index (χ1v) is 12.6. The molecule has 0 saturated carbocycles. The first-order valence-electron chi connectivity index (χ1n) is 11.8. The summed E-state index contributed by atoms with van der Waals surface area (Å²) in [5.41, 5.74) is 3.67. The highest BCUT2D eigenvalue weighted by Gasteiger charge is 2.21. The SMILES string of the molecule is C#CC(=O)N1CCN(c2cccc(-c3cc(OC)c4c(NSc5ccccc5OC)noc4c3)c2)CC1. The van der Waals surface area contributed by atoms with E-state index in [2.05, 4.69) is 38.9 Å². The van der Waals surface area contributed by atoms with Crippen LogP contribution in [-0.4, -0.2) is 56.4 Å². The molecule has 0 spiro atoms. The van der Waals surface area contributed by atoms with Crippen molar-refractivity contribution < 1.29 is 18.8 Å². The predicted octanol–water partition coefficient (Wildman–Crippen LogP) is 4.91. The summed E-state index contributed by atoms with van der Waals surface area (Å²) in [7, 11) is 3.28. The Hall–Kier alpha value is -4.29. The number of carbonyl (C=O) groups excluding carboxylic acids is 1. The highest BCUT2D eigenvalue weighted by Crippen LogP contribution is 2.39. The predicted molar refractivity (Wildman–Crippen MR) is 146 cm³/mol. The van der Waals surface area contributed by atoms with Gasteiger partial charge in [0.15, 0.2) is 11.4 Å². The second-order valence-corrected chi connectivity index (χ2v) is 9.26. The first kappa shape index (κ1) is 24.4. The lowest BCUT2D eigenvalue weighted by Gasteiger charge is -2.35. The lowest BCUT2D eigenvalue weighted by molar-refractivity contribution is -0.125. The van der Waals surface area contributed by atoms with E-state index in [-0.39, 0.29) is 5.91 Å². The third-order valence-corrected chi connectivity index (χ3v) is 7.17. The largest absolute Gasteiger partial charge is 0.496 e. The molecule has 1 aliphatic rings. The fourth-order valence-electron chi connectivity index (χ4n) is 4.38. The van der Waals surface area contributed by atoms with Gasteiger partial charge in [0.25, 0.3) is 5.91 Å². The lowest BCUT2D eigenvalue weighted by Crippen LogP contribution is -2.48. The van der Waals surface area contributed by atoms with Crippen LogP contribution < -0.4 is 19.1 Å². The van der Waals surface area contributed by atoms with E-state index in [0.717, 1.165) is 45.9 Å². The van der Waals surface area contributed by atoms with Crippen molar-refractivity contribution >= 4 is 40.3 Å². The molecule has 4 aromatic rings. The number of nitrogens with one attached hydrogen (secondary N) is 1. The Morgan fingerprint density at radius 3 is 2.54 bits per heavy atom. The van der Waals surface area contributed by atoms with Crippen molar-refractivity contribution in [2.75, 3.05) is 50.0 Å². The number of amides is 1. The molecule has 9 heteroatoms. The van der Waals surface area contributed by atoms with Gasteiger partial charge in [0.05, 0.1) is 19.1 Å². The van der Waals surface area contributed by atoms with Crippen molar-refractivity contribution in [2.24, 2.45) is 0 Å².